The largest absolute Gasteiger partial charge is 0.458 e. The Morgan fingerprint density at radius 2 is 1.54 bits per heavy atom. The molecule has 14 heteroatoms. The molecule has 0 aromatic rings. The first-order chi connectivity index (χ1) is 26.4. The molecule has 3 heterocycles. The Morgan fingerprint density at radius 1 is 0.804 bits per heavy atom. The number of esters is 2. The molecule has 0 radical (unpaired) electrons. The first kappa shape index (κ1) is 42.1. The van der Waals surface area contributed by atoms with Gasteiger partial charge in [-0.05, 0) is 90.9 Å². The number of aliphatic hydroxyl groups is 2. The van der Waals surface area contributed by atoms with Gasteiger partial charge in [-0.1, -0.05) is 19.9 Å². The number of hydrogen-bond acceptors (Lipinski definition) is 14. The van der Waals surface area contributed by atoms with Crippen LogP contribution in [0.3, 0.4) is 0 Å². The summed E-state index contributed by atoms with van der Waals surface area (Å²) < 4.78 is 56.4. The van der Waals surface area contributed by atoms with Gasteiger partial charge >= 0.3 is 11.9 Å². The monoisotopic (exact) mass is 792 g/mol. The SMILES string of the molecule is C/C=C(\C)C(=O)O[C@H]1[C@H](OC(C)=O)[C@@]2(C)[C@@H](C(C)=O)CC[C@]23O[C@@]32CC[C@@H]3C[C@H](O[C@@H]4C[C@H](OC)[C@@H](O[C@H]5O[C@@H](C)[C@H](O)[C@H](OC)[C@@H]5O)[C@H](C)O4)CC[C@@]3(C)[C@H]12. The van der Waals surface area contributed by atoms with Crippen molar-refractivity contribution >= 4 is 17.7 Å². The summed E-state index contributed by atoms with van der Waals surface area (Å²) in [5, 5.41) is 21.3. The molecule has 14 nitrogen and oxygen atoms in total. The highest BCUT2D eigenvalue weighted by Gasteiger charge is 2.91. The van der Waals surface area contributed by atoms with E-state index in [1.165, 1.54) is 14.0 Å². The maximum atomic E-state index is 13.7. The summed E-state index contributed by atoms with van der Waals surface area (Å²) in [5.74, 6) is -1.41. The van der Waals surface area contributed by atoms with Crippen LogP contribution in [0.15, 0.2) is 11.6 Å². The van der Waals surface area contributed by atoms with Gasteiger partial charge in [0.05, 0.1) is 24.4 Å². The van der Waals surface area contributed by atoms with E-state index in [4.69, 9.17) is 42.6 Å². The summed E-state index contributed by atoms with van der Waals surface area (Å²) in [6.07, 6.45) is -1.32. The van der Waals surface area contributed by atoms with Crippen LogP contribution >= 0.6 is 0 Å². The fraction of sp³-hybridized carbons (Fsp3) is 0.881. The lowest BCUT2D eigenvalue weighted by Gasteiger charge is -2.61. The van der Waals surface area contributed by atoms with Gasteiger partial charge in [0, 0.05) is 50.4 Å². The zero-order valence-corrected chi connectivity index (χ0v) is 34.7. The van der Waals surface area contributed by atoms with Crippen LogP contribution in [0.25, 0.3) is 0 Å². The molecule has 56 heavy (non-hydrogen) atoms. The summed E-state index contributed by atoms with van der Waals surface area (Å²) in [7, 11) is 3.04. The number of hydrogen-bond donors (Lipinski definition) is 2. The van der Waals surface area contributed by atoms with Gasteiger partial charge in [-0.15, -0.1) is 0 Å². The molecule has 0 unspecified atom stereocenters. The number of ketones is 1. The van der Waals surface area contributed by atoms with Crippen molar-refractivity contribution < 1.29 is 67.2 Å². The van der Waals surface area contributed by atoms with Crippen LogP contribution in [0.1, 0.15) is 107 Å². The Kier molecular flexibility index (Phi) is 11.5. The third-order valence-corrected chi connectivity index (χ3v) is 15.6. The van der Waals surface area contributed by atoms with Crippen LogP contribution in [-0.2, 0) is 57.0 Å². The van der Waals surface area contributed by atoms with Gasteiger partial charge in [0.15, 0.2) is 12.6 Å². The lowest BCUT2D eigenvalue weighted by atomic mass is 9.43. The number of allylic oxidation sites excluding steroid dienone is 1. The predicted octanol–water partition coefficient (Wildman–Crippen LogP) is 3.94. The topological polar surface area (TPSA) is 178 Å². The number of fused-ring (bicyclic) bond motifs is 2. The number of ether oxygens (including phenoxy) is 9. The van der Waals surface area contributed by atoms with Crippen molar-refractivity contribution in [2.75, 3.05) is 14.2 Å². The van der Waals surface area contributed by atoms with Crippen LogP contribution in [0, 0.1) is 28.6 Å². The van der Waals surface area contributed by atoms with Crippen molar-refractivity contribution in [1.29, 1.82) is 0 Å². The molecular formula is C42H64O14. The Morgan fingerprint density at radius 3 is 2.18 bits per heavy atom. The summed E-state index contributed by atoms with van der Waals surface area (Å²) in [5.41, 5.74) is -2.04. The van der Waals surface area contributed by atoms with Crippen LogP contribution < -0.4 is 0 Å². The third kappa shape index (κ3) is 6.34. The van der Waals surface area contributed by atoms with E-state index in [2.05, 4.69) is 6.92 Å². The second-order valence-corrected chi connectivity index (χ2v) is 18.2. The predicted molar refractivity (Wildman–Crippen MR) is 198 cm³/mol. The normalized spacial score (nSPS) is 51.1. The number of aliphatic hydroxyl groups excluding tert-OH is 2. The van der Waals surface area contributed by atoms with Gasteiger partial charge in [0.2, 0.25) is 0 Å². The Labute approximate surface area is 330 Å². The smallest absolute Gasteiger partial charge is 0.333 e. The number of methoxy groups -OCH3 is 2. The molecule has 0 aromatic carbocycles. The lowest BCUT2D eigenvalue weighted by Crippen LogP contribution is -2.70. The molecular weight excluding hydrogens is 728 g/mol. The Balaban J connectivity index is 1.10. The maximum absolute atomic E-state index is 13.7. The fourth-order valence-electron chi connectivity index (χ4n) is 12.6. The molecule has 0 bridgehead atoms. The lowest BCUT2D eigenvalue weighted by molar-refractivity contribution is -0.343. The highest BCUT2D eigenvalue weighted by molar-refractivity contribution is 5.88. The second kappa shape index (κ2) is 15.2. The number of rotatable bonds is 10. The Hall–Kier alpha value is -2.01. The van der Waals surface area contributed by atoms with Gasteiger partial charge in [0.25, 0.3) is 0 Å². The average Bonchev–Trinajstić information content (AvgIpc) is 3.70. The minimum Gasteiger partial charge on any atom is -0.458 e. The molecule has 19 atom stereocenters. The summed E-state index contributed by atoms with van der Waals surface area (Å²) >= 11 is 0. The molecule has 0 aromatic heterocycles. The van der Waals surface area contributed by atoms with Crippen molar-refractivity contribution in [2.24, 2.45) is 28.6 Å². The summed E-state index contributed by atoms with van der Waals surface area (Å²) in [6, 6.07) is 0. The van der Waals surface area contributed by atoms with Crippen molar-refractivity contribution in [3.05, 3.63) is 11.6 Å². The van der Waals surface area contributed by atoms with Gasteiger partial charge < -0.3 is 52.8 Å². The minimum absolute atomic E-state index is 0.0276. The maximum Gasteiger partial charge on any atom is 0.333 e. The van der Waals surface area contributed by atoms with E-state index >= 15 is 0 Å². The highest BCUT2D eigenvalue weighted by Crippen LogP contribution is 2.81. The third-order valence-electron chi connectivity index (χ3n) is 15.6. The zero-order chi connectivity index (χ0) is 40.7. The van der Waals surface area contributed by atoms with Gasteiger partial charge in [-0.3, -0.25) is 9.59 Å². The van der Waals surface area contributed by atoms with Crippen LogP contribution in [0.5, 0.6) is 0 Å². The minimum atomic E-state index is -1.21. The van der Waals surface area contributed by atoms with Gasteiger partial charge in [-0.2, -0.15) is 0 Å². The second-order valence-electron chi connectivity index (χ2n) is 18.2. The van der Waals surface area contributed by atoms with E-state index in [1.54, 1.807) is 40.9 Å². The first-order valence-electron chi connectivity index (χ1n) is 20.7. The fourth-order valence-corrected chi connectivity index (χ4v) is 12.6. The molecule has 0 amide bonds. The molecule has 3 aliphatic heterocycles. The van der Waals surface area contributed by atoms with E-state index < -0.39 is 102 Å². The van der Waals surface area contributed by atoms with E-state index in [1.807, 2.05) is 13.8 Å². The molecule has 316 valence electrons. The molecule has 2 N–H and O–H groups in total. The molecule has 2 spiro atoms. The van der Waals surface area contributed by atoms with Crippen molar-refractivity contribution in [1.82, 2.24) is 0 Å². The van der Waals surface area contributed by atoms with Crippen molar-refractivity contribution in [2.45, 2.75) is 192 Å². The highest BCUT2D eigenvalue weighted by atomic mass is 16.7. The molecule has 4 aliphatic carbocycles. The van der Waals surface area contributed by atoms with E-state index in [-0.39, 0.29) is 29.1 Å². The molecule has 3 saturated heterocycles. The molecule has 7 rings (SSSR count). The van der Waals surface area contributed by atoms with E-state index in [9.17, 15) is 24.6 Å². The average molecular weight is 793 g/mol. The molecule has 7 aliphatic rings. The van der Waals surface area contributed by atoms with Gasteiger partial charge in [0.1, 0.15) is 53.6 Å². The number of carbonyl (C=O) groups is 3. The number of epoxide rings is 1. The zero-order valence-electron chi connectivity index (χ0n) is 34.7. The van der Waals surface area contributed by atoms with E-state index in [0.717, 1.165) is 32.1 Å². The molecule has 4 saturated carbocycles. The van der Waals surface area contributed by atoms with Gasteiger partial charge in [-0.25, -0.2) is 4.79 Å². The van der Waals surface area contributed by atoms with E-state index in [0.29, 0.717) is 24.8 Å². The number of carbonyl (C=O) groups excluding carboxylic acids is 3. The van der Waals surface area contributed by atoms with Crippen LogP contribution in [0.2, 0.25) is 0 Å². The van der Waals surface area contributed by atoms with Crippen LogP contribution in [-0.4, -0.2) is 127 Å². The van der Waals surface area contributed by atoms with Crippen LogP contribution in [0.4, 0.5) is 0 Å². The Bertz CT molecular complexity index is 1550. The number of Topliss-reactive ketones (excluding diaryl/α,β-unsaturated/α-hetero) is 1. The first-order valence-corrected chi connectivity index (χ1v) is 20.7. The summed E-state index contributed by atoms with van der Waals surface area (Å²) in [4.78, 5) is 39.8. The van der Waals surface area contributed by atoms with Crippen molar-refractivity contribution in [3.8, 4) is 0 Å². The molecule has 7 fully saturated rings. The van der Waals surface area contributed by atoms with Crippen molar-refractivity contribution in [3.63, 3.8) is 0 Å². The standard InChI is InChI=1S/C42H64O14/c1-11-20(2)37(47)54-34-35-39(7)15-13-26(53-29-19-28(48-9)32(23(5)50-29)55-38-31(46)33(49-10)30(45)22(4)51-38)18-25(39)12-16-41(35)42(56-41)17-14-27(21(3)43)40(42,8)36(34)52-24(6)44/h11,22-23,25-36,38,45-46H,12-19H2,1-10H3/b20-11+/t22-,23-,25+,26+,27+,28-,29+,30-,31-,32-,33-,34+,35-,36-,38+,39+,40+,41+,42-/m0/s1. The quantitative estimate of drug-likeness (QED) is 0.141. The summed E-state index contributed by atoms with van der Waals surface area (Å²) in [6.45, 7) is 14.4.